The number of aromatic amines is 1. The standard InChI is InChI=1S/C17H17N3O.C10H17N3O/c1-3-4-14-16-12(7-8-18-17(16)21)9-15(20-14)13-6-5-11(2)19-10-13;1-10-8-11-13(9-10)3-2-12-4-6-14-7-5-12/h5-10H,3-4H2,1-2H3,(H,18,21);8-9H,2-7H2,1H3. The van der Waals surface area contributed by atoms with Gasteiger partial charge in [0.1, 0.15) is 0 Å². The number of nitrogens with one attached hydrogen (secondary N) is 1. The zero-order valence-electron chi connectivity index (χ0n) is 20.8. The number of aromatic nitrogens is 5. The van der Waals surface area contributed by atoms with Crippen molar-refractivity contribution in [3.63, 3.8) is 0 Å². The first-order valence-electron chi connectivity index (χ1n) is 12.3. The maximum atomic E-state index is 12.1. The van der Waals surface area contributed by atoms with Crippen molar-refractivity contribution in [2.45, 2.75) is 40.2 Å². The maximum Gasteiger partial charge on any atom is 0.257 e. The van der Waals surface area contributed by atoms with E-state index >= 15 is 0 Å². The number of hydrogen-bond donors (Lipinski definition) is 1. The average Bonchev–Trinajstić information content (AvgIpc) is 3.29. The normalized spacial score (nSPS) is 14.0. The van der Waals surface area contributed by atoms with Gasteiger partial charge in [0.15, 0.2) is 0 Å². The summed E-state index contributed by atoms with van der Waals surface area (Å²) >= 11 is 0. The van der Waals surface area contributed by atoms with Gasteiger partial charge in [0.25, 0.3) is 5.56 Å². The summed E-state index contributed by atoms with van der Waals surface area (Å²) < 4.78 is 7.30. The van der Waals surface area contributed by atoms with Gasteiger partial charge in [-0.3, -0.25) is 24.3 Å². The molecular weight excluding hydrogens is 440 g/mol. The second-order valence-corrected chi connectivity index (χ2v) is 8.90. The Morgan fingerprint density at radius 3 is 2.60 bits per heavy atom. The van der Waals surface area contributed by atoms with Crippen LogP contribution in [0.3, 0.4) is 0 Å². The largest absolute Gasteiger partial charge is 0.379 e. The van der Waals surface area contributed by atoms with E-state index in [0.717, 1.165) is 80.3 Å². The highest BCUT2D eigenvalue weighted by molar-refractivity contribution is 5.86. The average molecular weight is 475 g/mol. The number of ether oxygens (including phenoxy) is 1. The molecule has 0 aliphatic carbocycles. The third-order valence-corrected chi connectivity index (χ3v) is 6.03. The summed E-state index contributed by atoms with van der Waals surface area (Å²) in [6.45, 7) is 12.0. The molecule has 0 bridgehead atoms. The molecule has 0 amide bonds. The highest BCUT2D eigenvalue weighted by Gasteiger charge is 2.11. The molecule has 0 aromatic carbocycles. The first-order valence-corrected chi connectivity index (χ1v) is 12.3. The first kappa shape index (κ1) is 24.8. The van der Waals surface area contributed by atoms with E-state index in [4.69, 9.17) is 9.72 Å². The molecule has 1 saturated heterocycles. The van der Waals surface area contributed by atoms with Crippen molar-refractivity contribution < 1.29 is 4.74 Å². The van der Waals surface area contributed by atoms with E-state index in [2.05, 4.69) is 40.0 Å². The van der Waals surface area contributed by atoms with Gasteiger partial charge in [-0.15, -0.1) is 0 Å². The molecule has 184 valence electrons. The monoisotopic (exact) mass is 474 g/mol. The predicted octanol–water partition coefficient (Wildman–Crippen LogP) is 3.77. The Bertz CT molecular complexity index is 1290. The molecule has 1 fully saturated rings. The molecule has 1 N–H and O–H groups in total. The molecule has 0 unspecified atom stereocenters. The van der Waals surface area contributed by atoms with E-state index in [1.165, 1.54) is 5.56 Å². The zero-order valence-corrected chi connectivity index (χ0v) is 20.8. The fourth-order valence-electron chi connectivity index (χ4n) is 4.14. The van der Waals surface area contributed by atoms with Crippen LogP contribution in [-0.2, 0) is 17.7 Å². The van der Waals surface area contributed by atoms with Crippen molar-refractivity contribution in [1.82, 2.24) is 29.6 Å². The molecule has 8 heteroatoms. The van der Waals surface area contributed by atoms with Crippen molar-refractivity contribution in [3.8, 4) is 11.3 Å². The third-order valence-electron chi connectivity index (χ3n) is 6.03. The van der Waals surface area contributed by atoms with Gasteiger partial charge in [0, 0.05) is 49.5 Å². The molecule has 4 aromatic rings. The number of nitrogens with zero attached hydrogens (tertiary/aromatic N) is 5. The number of morpholine rings is 1. The molecule has 4 aromatic heterocycles. The number of pyridine rings is 3. The lowest BCUT2D eigenvalue weighted by atomic mass is 10.1. The van der Waals surface area contributed by atoms with Gasteiger partial charge in [-0.05, 0) is 55.5 Å². The smallest absolute Gasteiger partial charge is 0.257 e. The summed E-state index contributed by atoms with van der Waals surface area (Å²) in [4.78, 5) is 26.2. The molecule has 0 saturated carbocycles. The number of hydrogen-bond acceptors (Lipinski definition) is 6. The maximum absolute atomic E-state index is 12.1. The van der Waals surface area contributed by atoms with Crippen LogP contribution >= 0.6 is 0 Å². The molecule has 35 heavy (non-hydrogen) atoms. The molecular formula is C27H34N6O2. The number of rotatable bonds is 6. The van der Waals surface area contributed by atoms with Gasteiger partial charge in [0.05, 0.1) is 42.7 Å². The Balaban J connectivity index is 0.000000179. The Hall–Kier alpha value is -3.36. The summed E-state index contributed by atoms with van der Waals surface area (Å²) in [6, 6.07) is 7.86. The van der Waals surface area contributed by atoms with Crippen LogP contribution < -0.4 is 5.56 Å². The van der Waals surface area contributed by atoms with Crippen molar-refractivity contribution in [2.24, 2.45) is 0 Å². The van der Waals surface area contributed by atoms with Crippen LogP contribution in [0.15, 0.2) is 53.8 Å². The molecule has 0 spiro atoms. The lowest BCUT2D eigenvalue weighted by molar-refractivity contribution is 0.0359. The second kappa shape index (κ2) is 11.9. The highest BCUT2D eigenvalue weighted by Crippen LogP contribution is 2.23. The SMILES string of the molecule is CCCc1nc(-c2ccc(C)nc2)cc2cc[nH]c(=O)c12.Cc1cnn(CCN2CCOCC2)c1. The molecule has 5 heterocycles. The number of H-pyrrole nitrogens is 1. The number of fused-ring (bicyclic) bond motifs is 1. The second-order valence-electron chi connectivity index (χ2n) is 8.90. The van der Waals surface area contributed by atoms with E-state index in [1.807, 2.05) is 48.3 Å². The minimum Gasteiger partial charge on any atom is -0.379 e. The van der Waals surface area contributed by atoms with E-state index in [1.54, 1.807) is 6.20 Å². The molecule has 1 aliphatic heterocycles. The van der Waals surface area contributed by atoms with Gasteiger partial charge in [0.2, 0.25) is 0 Å². The van der Waals surface area contributed by atoms with Crippen LogP contribution in [0, 0.1) is 13.8 Å². The van der Waals surface area contributed by atoms with Crippen LogP contribution in [0.1, 0.15) is 30.3 Å². The minimum atomic E-state index is -0.0722. The summed E-state index contributed by atoms with van der Waals surface area (Å²) in [5.41, 5.74) is 4.82. The highest BCUT2D eigenvalue weighted by atomic mass is 16.5. The van der Waals surface area contributed by atoms with Crippen LogP contribution in [0.5, 0.6) is 0 Å². The Morgan fingerprint density at radius 1 is 1.09 bits per heavy atom. The summed E-state index contributed by atoms with van der Waals surface area (Å²) in [7, 11) is 0. The van der Waals surface area contributed by atoms with E-state index < -0.39 is 0 Å². The van der Waals surface area contributed by atoms with Crippen LogP contribution in [0.25, 0.3) is 22.0 Å². The zero-order chi connectivity index (χ0) is 24.6. The quantitative estimate of drug-likeness (QED) is 0.458. The fraction of sp³-hybridized carbons (Fsp3) is 0.407. The topological polar surface area (TPSA) is 88.9 Å². The van der Waals surface area contributed by atoms with Crippen molar-refractivity contribution in [1.29, 1.82) is 0 Å². The van der Waals surface area contributed by atoms with E-state index in [9.17, 15) is 4.79 Å². The minimum absolute atomic E-state index is 0.0722. The Labute approximate surface area is 206 Å². The Kier molecular flexibility index (Phi) is 8.39. The van der Waals surface area contributed by atoms with Gasteiger partial charge < -0.3 is 9.72 Å². The summed E-state index contributed by atoms with van der Waals surface area (Å²) in [6.07, 6.45) is 9.23. The molecule has 8 nitrogen and oxygen atoms in total. The van der Waals surface area contributed by atoms with Gasteiger partial charge in [-0.1, -0.05) is 13.3 Å². The summed E-state index contributed by atoms with van der Waals surface area (Å²) in [5, 5.41) is 5.88. The third kappa shape index (κ3) is 6.61. The lowest BCUT2D eigenvalue weighted by Crippen LogP contribution is -2.38. The molecule has 0 atom stereocenters. The van der Waals surface area contributed by atoms with E-state index in [-0.39, 0.29) is 5.56 Å². The van der Waals surface area contributed by atoms with Crippen LogP contribution in [-0.4, -0.2) is 62.5 Å². The fourth-order valence-corrected chi connectivity index (χ4v) is 4.14. The van der Waals surface area contributed by atoms with Crippen molar-refractivity contribution in [3.05, 3.63) is 76.4 Å². The molecule has 5 rings (SSSR count). The van der Waals surface area contributed by atoms with Gasteiger partial charge in [-0.2, -0.15) is 5.10 Å². The molecule has 0 radical (unpaired) electrons. The van der Waals surface area contributed by atoms with Crippen LogP contribution in [0.2, 0.25) is 0 Å². The first-order chi connectivity index (χ1) is 17.0. The van der Waals surface area contributed by atoms with Gasteiger partial charge >= 0.3 is 0 Å². The lowest BCUT2D eigenvalue weighted by Gasteiger charge is -2.26. The number of aryl methyl sites for hydroxylation is 3. The summed E-state index contributed by atoms with van der Waals surface area (Å²) in [5.74, 6) is 0. The van der Waals surface area contributed by atoms with Crippen molar-refractivity contribution >= 4 is 10.8 Å². The van der Waals surface area contributed by atoms with Crippen LogP contribution in [0.4, 0.5) is 0 Å². The molecule has 1 aliphatic rings. The van der Waals surface area contributed by atoms with Gasteiger partial charge in [-0.25, -0.2) is 0 Å². The van der Waals surface area contributed by atoms with E-state index in [0.29, 0.717) is 5.39 Å². The predicted molar refractivity (Wildman–Crippen MR) is 139 cm³/mol. The Morgan fingerprint density at radius 2 is 1.91 bits per heavy atom. The van der Waals surface area contributed by atoms with Crippen molar-refractivity contribution in [2.75, 3.05) is 32.8 Å².